The number of esters is 1. The van der Waals surface area contributed by atoms with Gasteiger partial charge in [0, 0.05) is 10.0 Å². The molecule has 1 aliphatic rings. The molecule has 0 unspecified atom stereocenters. The van der Waals surface area contributed by atoms with Gasteiger partial charge < -0.3 is 18.9 Å². The number of carbonyl (C=O) groups excluding carboxylic acids is 1. The van der Waals surface area contributed by atoms with E-state index in [2.05, 4.69) is 15.9 Å². The van der Waals surface area contributed by atoms with Gasteiger partial charge in [-0.15, -0.1) is 0 Å². The highest BCUT2D eigenvalue weighted by Gasteiger charge is 2.36. The average Bonchev–Trinajstić information content (AvgIpc) is 3.34. The van der Waals surface area contributed by atoms with E-state index in [-0.39, 0.29) is 12.2 Å². The Morgan fingerprint density at radius 2 is 1.82 bits per heavy atom. The van der Waals surface area contributed by atoms with E-state index < -0.39 is 12.0 Å². The predicted octanol–water partition coefficient (Wildman–Crippen LogP) is 6.59. The number of rotatable bonds is 11. The molecule has 0 N–H and O–H groups in total. The summed E-state index contributed by atoms with van der Waals surface area (Å²) in [5.74, 6) is 0.851. The highest BCUT2D eigenvalue weighted by molar-refractivity contribution is 9.10. The van der Waals surface area contributed by atoms with Crippen LogP contribution >= 0.6 is 38.9 Å². The fourth-order valence-electron chi connectivity index (χ4n) is 5.18. The third kappa shape index (κ3) is 6.88. The first kappa shape index (κ1) is 32.5. The summed E-state index contributed by atoms with van der Waals surface area (Å²) in [5.41, 5.74) is 2.85. The summed E-state index contributed by atoms with van der Waals surface area (Å²) in [5, 5.41) is 0.343. The first-order valence-corrected chi connectivity index (χ1v) is 16.4. The standard InChI is InChI=1S/C34H32BrClN2O6S/c1-5-10-25-29(33(40)43-6-2)30(23-18-22(35)13-14-26(23)41-3)38-32(39)28(45-34(38)37-25)17-21-15-24(36)31(27(16-21)42-4)44-19-20-11-8-7-9-12-20/h7-9,11-18,30H,5-6,10,19H2,1-4H3/b28-17+/t30-/m0/s1. The van der Waals surface area contributed by atoms with Crippen molar-refractivity contribution in [2.45, 2.75) is 39.3 Å². The summed E-state index contributed by atoms with van der Waals surface area (Å²) in [6.45, 7) is 4.26. The molecule has 4 aromatic rings. The van der Waals surface area contributed by atoms with Gasteiger partial charge in [0.1, 0.15) is 18.4 Å². The van der Waals surface area contributed by atoms with Crippen molar-refractivity contribution < 1.29 is 23.7 Å². The predicted molar refractivity (Wildman–Crippen MR) is 179 cm³/mol. The lowest BCUT2D eigenvalue weighted by molar-refractivity contribution is -0.139. The number of thiazole rings is 1. The van der Waals surface area contributed by atoms with Gasteiger partial charge in [-0.05, 0) is 60.9 Å². The van der Waals surface area contributed by atoms with Gasteiger partial charge in [0.05, 0.1) is 41.7 Å². The lowest BCUT2D eigenvalue weighted by atomic mass is 9.93. The third-order valence-corrected chi connectivity index (χ3v) is 8.91. The number of allylic oxidation sites excluding steroid dienone is 1. The van der Waals surface area contributed by atoms with Gasteiger partial charge in [-0.1, -0.05) is 82.5 Å². The quantitative estimate of drug-likeness (QED) is 0.163. The molecular weight excluding hydrogens is 680 g/mol. The number of methoxy groups -OCH3 is 2. The minimum absolute atomic E-state index is 0.183. The highest BCUT2D eigenvalue weighted by Crippen LogP contribution is 2.39. The van der Waals surface area contributed by atoms with Crippen molar-refractivity contribution in [1.82, 2.24) is 4.57 Å². The lowest BCUT2D eigenvalue weighted by Gasteiger charge is -2.27. The van der Waals surface area contributed by atoms with E-state index in [1.54, 1.807) is 42.9 Å². The molecule has 0 aliphatic carbocycles. The van der Waals surface area contributed by atoms with Crippen molar-refractivity contribution in [3.8, 4) is 17.2 Å². The van der Waals surface area contributed by atoms with Gasteiger partial charge >= 0.3 is 5.97 Å². The second-order valence-electron chi connectivity index (χ2n) is 10.1. The van der Waals surface area contributed by atoms with E-state index in [9.17, 15) is 9.59 Å². The molecule has 0 saturated carbocycles. The Morgan fingerprint density at radius 3 is 2.51 bits per heavy atom. The molecule has 0 amide bonds. The number of aromatic nitrogens is 1. The number of hydrogen-bond acceptors (Lipinski definition) is 8. The maximum atomic E-state index is 14.2. The first-order valence-electron chi connectivity index (χ1n) is 14.4. The Kier molecular flexibility index (Phi) is 10.5. The van der Waals surface area contributed by atoms with Crippen LogP contribution in [0.1, 0.15) is 49.4 Å². The Morgan fingerprint density at radius 1 is 1.07 bits per heavy atom. The third-order valence-electron chi connectivity index (χ3n) is 7.15. The molecule has 8 nitrogen and oxygen atoms in total. The van der Waals surface area contributed by atoms with Crippen LogP contribution in [0, 0.1) is 0 Å². The minimum Gasteiger partial charge on any atom is -0.496 e. The summed E-state index contributed by atoms with van der Waals surface area (Å²) in [7, 11) is 3.09. The van der Waals surface area contributed by atoms with Gasteiger partial charge in [0.25, 0.3) is 5.56 Å². The van der Waals surface area contributed by atoms with Crippen LogP contribution in [-0.4, -0.2) is 31.4 Å². The van der Waals surface area contributed by atoms with Crippen molar-refractivity contribution in [3.05, 3.63) is 118 Å². The van der Waals surface area contributed by atoms with Gasteiger partial charge in [-0.3, -0.25) is 9.36 Å². The summed E-state index contributed by atoms with van der Waals surface area (Å²) < 4.78 is 25.6. The summed E-state index contributed by atoms with van der Waals surface area (Å²) in [6, 6.07) is 17.9. The van der Waals surface area contributed by atoms with Gasteiger partial charge in [-0.2, -0.15) is 0 Å². The van der Waals surface area contributed by atoms with Crippen LogP contribution in [0.5, 0.6) is 17.2 Å². The molecule has 3 aromatic carbocycles. The zero-order valence-electron chi connectivity index (χ0n) is 25.3. The number of benzene rings is 3. The van der Waals surface area contributed by atoms with Crippen molar-refractivity contribution in [1.29, 1.82) is 0 Å². The SMILES string of the molecule is CCCC1=C(C(=O)OCC)[C@H](c2cc(Br)ccc2OC)n2c(s/c(=C/c3cc(Cl)c(OCc4ccccc4)c(OC)c3)c2=O)=N1. The van der Waals surface area contributed by atoms with Crippen LogP contribution in [0.4, 0.5) is 0 Å². The molecule has 0 fully saturated rings. The molecule has 0 bridgehead atoms. The topological polar surface area (TPSA) is 88.4 Å². The molecule has 45 heavy (non-hydrogen) atoms. The molecule has 0 spiro atoms. The number of ether oxygens (including phenoxy) is 4. The van der Waals surface area contributed by atoms with Crippen LogP contribution in [0.3, 0.4) is 0 Å². The molecule has 234 valence electrons. The maximum absolute atomic E-state index is 14.2. The molecule has 0 radical (unpaired) electrons. The zero-order chi connectivity index (χ0) is 32.1. The number of hydrogen-bond donors (Lipinski definition) is 0. The molecule has 1 aliphatic heterocycles. The highest BCUT2D eigenvalue weighted by atomic mass is 79.9. The van der Waals surface area contributed by atoms with Crippen LogP contribution in [0.15, 0.2) is 86.2 Å². The lowest BCUT2D eigenvalue weighted by Crippen LogP contribution is -2.40. The molecule has 0 saturated heterocycles. The second kappa shape index (κ2) is 14.5. The fraction of sp³-hybridized carbons (Fsp3) is 0.265. The Labute approximate surface area is 278 Å². The smallest absolute Gasteiger partial charge is 0.338 e. The minimum atomic E-state index is -0.816. The Balaban J connectivity index is 1.66. The Hall–Kier alpha value is -3.86. The van der Waals surface area contributed by atoms with Crippen LogP contribution in [0.25, 0.3) is 6.08 Å². The molecule has 5 rings (SSSR count). The van der Waals surface area contributed by atoms with Crippen LogP contribution < -0.4 is 29.1 Å². The number of carbonyl (C=O) groups is 1. The first-order chi connectivity index (χ1) is 21.8. The number of nitrogens with zero attached hydrogens (tertiary/aromatic N) is 2. The van der Waals surface area contributed by atoms with Crippen molar-refractivity contribution in [2.75, 3.05) is 20.8 Å². The van der Waals surface area contributed by atoms with E-state index >= 15 is 0 Å². The summed E-state index contributed by atoms with van der Waals surface area (Å²) in [4.78, 5) is 33.0. The van der Waals surface area contributed by atoms with Gasteiger partial charge in [-0.25, -0.2) is 9.79 Å². The van der Waals surface area contributed by atoms with Crippen LogP contribution in [-0.2, 0) is 16.1 Å². The second-order valence-corrected chi connectivity index (χ2v) is 12.4. The zero-order valence-corrected chi connectivity index (χ0v) is 28.4. The molecule has 1 aromatic heterocycles. The van der Waals surface area contributed by atoms with Gasteiger partial charge in [0.2, 0.25) is 0 Å². The summed E-state index contributed by atoms with van der Waals surface area (Å²) >= 11 is 11.5. The Bertz CT molecular complexity index is 1940. The van der Waals surface area contributed by atoms with Crippen molar-refractivity contribution in [2.24, 2.45) is 4.99 Å². The monoisotopic (exact) mass is 710 g/mol. The fourth-order valence-corrected chi connectivity index (χ4v) is 6.85. The van der Waals surface area contributed by atoms with E-state index in [0.29, 0.717) is 67.0 Å². The van der Waals surface area contributed by atoms with E-state index in [0.717, 1.165) is 16.5 Å². The maximum Gasteiger partial charge on any atom is 0.338 e. The van der Waals surface area contributed by atoms with E-state index in [1.165, 1.54) is 18.4 Å². The van der Waals surface area contributed by atoms with Crippen molar-refractivity contribution >= 4 is 50.9 Å². The largest absolute Gasteiger partial charge is 0.496 e. The normalized spacial score (nSPS) is 14.5. The average molecular weight is 712 g/mol. The van der Waals surface area contributed by atoms with Crippen molar-refractivity contribution in [3.63, 3.8) is 0 Å². The molecule has 1 atom stereocenters. The van der Waals surface area contributed by atoms with Gasteiger partial charge in [0.15, 0.2) is 16.3 Å². The number of fused-ring (bicyclic) bond motifs is 1. The molecular formula is C34H32BrClN2O6S. The summed E-state index contributed by atoms with van der Waals surface area (Å²) in [6.07, 6.45) is 3.01. The van der Waals surface area contributed by atoms with E-state index in [4.69, 9.17) is 35.5 Å². The van der Waals surface area contributed by atoms with E-state index in [1.807, 2.05) is 49.4 Å². The number of halogens is 2. The van der Waals surface area contributed by atoms with Crippen LogP contribution in [0.2, 0.25) is 5.02 Å². The molecule has 2 heterocycles. The molecule has 11 heteroatoms.